The van der Waals surface area contributed by atoms with Gasteiger partial charge in [-0.3, -0.25) is 10.1 Å². The maximum absolute atomic E-state index is 11.8. The van der Waals surface area contributed by atoms with E-state index in [1.807, 2.05) is 6.92 Å². The van der Waals surface area contributed by atoms with Crippen LogP contribution in [-0.4, -0.2) is 18.5 Å². The van der Waals surface area contributed by atoms with E-state index in [4.69, 9.17) is 0 Å². The second-order valence-corrected chi connectivity index (χ2v) is 5.24. The number of aryl methyl sites for hydroxylation is 2. The molecule has 1 rings (SSSR count). The van der Waals surface area contributed by atoms with Crippen molar-refractivity contribution >= 4 is 5.91 Å². The van der Waals surface area contributed by atoms with Gasteiger partial charge < -0.3 is 5.32 Å². The molecule has 0 saturated carbocycles. The fourth-order valence-electron chi connectivity index (χ4n) is 1.98. The third-order valence-electron chi connectivity index (χ3n) is 3.47. The molecule has 1 amide bonds. The summed E-state index contributed by atoms with van der Waals surface area (Å²) < 4.78 is 0. The Morgan fingerprint density at radius 2 is 1.89 bits per heavy atom. The summed E-state index contributed by atoms with van der Waals surface area (Å²) in [5.74, 6) is 0.0672. The molecule has 0 fully saturated rings. The van der Waals surface area contributed by atoms with E-state index in [-0.39, 0.29) is 18.0 Å². The van der Waals surface area contributed by atoms with Gasteiger partial charge in [0.15, 0.2) is 0 Å². The van der Waals surface area contributed by atoms with E-state index < -0.39 is 0 Å². The number of carbonyl (C=O) groups is 1. The third kappa shape index (κ3) is 4.67. The largest absolute Gasteiger partial charge is 0.355 e. The maximum Gasteiger partial charge on any atom is 0.236 e. The molecule has 1 aromatic rings. The van der Waals surface area contributed by atoms with E-state index in [2.05, 4.69) is 56.5 Å². The minimum Gasteiger partial charge on any atom is -0.355 e. The Morgan fingerprint density at radius 1 is 1.21 bits per heavy atom. The number of benzene rings is 1. The Labute approximate surface area is 116 Å². The van der Waals surface area contributed by atoms with E-state index in [0.717, 1.165) is 13.0 Å². The zero-order valence-electron chi connectivity index (χ0n) is 12.7. The van der Waals surface area contributed by atoms with Gasteiger partial charge in [0.25, 0.3) is 0 Å². The standard InChI is InChI=1S/C16H26N2O/c1-6-9-17-16(19)14(5)18-13(4)15-8-7-11(2)12(3)10-15/h7-8,10,13-14,18H,6,9H2,1-5H3,(H,17,19). The second kappa shape index (κ2) is 7.29. The first-order valence-corrected chi connectivity index (χ1v) is 7.06. The minimum absolute atomic E-state index is 0.0672. The van der Waals surface area contributed by atoms with Crippen LogP contribution in [0.3, 0.4) is 0 Å². The Hall–Kier alpha value is -1.35. The van der Waals surface area contributed by atoms with Crippen LogP contribution in [0.5, 0.6) is 0 Å². The molecule has 19 heavy (non-hydrogen) atoms. The summed E-state index contributed by atoms with van der Waals surface area (Å²) in [6.07, 6.45) is 0.963. The number of amides is 1. The molecule has 0 saturated heterocycles. The summed E-state index contributed by atoms with van der Waals surface area (Å²) in [6.45, 7) is 11.0. The van der Waals surface area contributed by atoms with Crippen LogP contribution in [0, 0.1) is 13.8 Å². The molecule has 0 radical (unpaired) electrons. The smallest absolute Gasteiger partial charge is 0.236 e. The monoisotopic (exact) mass is 262 g/mol. The summed E-state index contributed by atoms with van der Waals surface area (Å²) in [4.78, 5) is 11.8. The zero-order valence-corrected chi connectivity index (χ0v) is 12.7. The average molecular weight is 262 g/mol. The van der Waals surface area contributed by atoms with Crippen molar-refractivity contribution in [1.82, 2.24) is 10.6 Å². The molecule has 0 aliphatic rings. The van der Waals surface area contributed by atoms with Gasteiger partial charge in [-0.2, -0.15) is 0 Å². The highest BCUT2D eigenvalue weighted by molar-refractivity contribution is 5.81. The molecule has 0 aliphatic carbocycles. The minimum atomic E-state index is -0.178. The quantitative estimate of drug-likeness (QED) is 0.827. The van der Waals surface area contributed by atoms with Gasteiger partial charge in [0, 0.05) is 12.6 Å². The molecule has 0 aromatic heterocycles. The summed E-state index contributed by atoms with van der Waals surface area (Å²) >= 11 is 0. The lowest BCUT2D eigenvalue weighted by atomic mass is 10.0. The predicted molar refractivity (Wildman–Crippen MR) is 80.2 cm³/mol. The van der Waals surface area contributed by atoms with Crippen molar-refractivity contribution in [3.8, 4) is 0 Å². The molecule has 0 aliphatic heterocycles. The Bertz CT molecular complexity index is 429. The molecule has 0 bridgehead atoms. The van der Waals surface area contributed by atoms with Gasteiger partial charge in [-0.05, 0) is 50.8 Å². The fraction of sp³-hybridized carbons (Fsp3) is 0.562. The molecule has 3 nitrogen and oxygen atoms in total. The number of hydrogen-bond donors (Lipinski definition) is 2. The Morgan fingerprint density at radius 3 is 2.47 bits per heavy atom. The summed E-state index contributed by atoms with van der Waals surface area (Å²) in [7, 11) is 0. The Balaban J connectivity index is 2.60. The summed E-state index contributed by atoms with van der Waals surface area (Å²) in [6, 6.07) is 6.43. The number of carbonyl (C=O) groups excluding carboxylic acids is 1. The van der Waals surface area contributed by atoms with Crippen LogP contribution in [0.2, 0.25) is 0 Å². The van der Waals surface area contributed by atoms with Crippen molar-refractivity contribution in [2.45, 2.75) is 53.1 Å². The van der Waals surface area contributed by atoms with Gasteiger partial charge in [-0.1, -0.05) is 25.1 Å². The molecule has 0 heterocycles. The number of hydrogen-bond acceptors (Lipinski definition) is 2. The van der Waals surface area contributed by atoms with Crippen molar-refractivity contribution in [3.63, 3.8) is 0 Å². The van der Waals surface area contributed by atoms with Crippen molar-refractivity contribution in [2.24, 2.45) is 0 Å². The number of rotatable bonds is 6. The molecule has 2 N–H and O–H groups in total. The summed E-state index contributed by atoms with van der Waals surface area (Å²) in [5.41, 5.74) is 3.80. The van der Waals surface area contributed by atoms with Crippen LogP contribution < -0.4 is 10.6 Å². The molecule has 0 spiro atoms. The van der Waals surface area contributed by atoms with E-state index >= 15 is 0 Å². The van der Waals surface area contributed by atoms with Gasteiger partial charge in [0.1, 0.15) is 0 Å². The van der Waals surface area contributed by atoms with Crippen LogP contribution >= 0.6 is 0 Å². The van der Waals surface area contributed by atoms with Crippen LogP contribution in [0.15, 0.2) is 18.2 Å². The van der Waals surface area contributed by atoms with Crippen LogP contribution in [0.4, 0.5) is 0 Å². The highest BCUT2D eigenvalue weighted by Crippen LogP contribution is 2.17. The second-order valence-electron chi connectivity index (χ2n) is 5.24. The highest BCUT2D eigenvalue weighted by atomic mass is 16.2. The van der Waals surface area contributed by atoms with Crippen LogP contribution in [0.1, 0.15) is 49.9 Å². The van der Waals surface area contributed by atoms with E-state index in [1.165, 1.54) is 16.7 Å². The molecule has 2 unspecified atom stereocenters. The van der Waals surface area contributed by atoms with Crippen molar-refractivity contribution in [1.29, 1.82) is 0 Å². The van der Waals surface area contributed by atoms with Crippen molar-refractivity contribution in [2.75, 3.05) is 6.54 Å². The highest BCUT2D eigenvalue weighted by Gasteiger charge is 2.15. The Kier molecular flexibility index (Phi) is 6.03. The van der Waals surface area contributed by atoms with Crippen LogP contribution in [0.25, 0.3) is 0 Å². The molecular weight excluding hydrogens is 236 g/mol. The SMILES string of the molecule is CCCNC(=O)C(C)NC(C)c1ccc(C)c(C)c1. The molecule has 3 heteroatoms. The molecule has 2 atom stereocenters. The summed E-state index contributed by atoms with van der Waals surface area (Å²) in [5, 5.41) is 6.25. The van der Waals surface area contributed by atoms with Gasteiger partial charge >= 0.3 is 0 Å². The lowest BCUT2D eigenvalue weighted by molar-refractivity contribution is -0.122. The lowest BCUT2D eigenvalue weighted by Gasteiger charge is -2.20. The molecular formula is C16H26N2O. The van der Waals surface area contributed by atoms with Gasteiger partial charge in [-0.25, -0.2) is 0 Å². The first-order valence-electron chi connectivity index (χ1n) is 7.06. The topological polar surface area (TPSA) is 41.1 Å². The third-order valence-corrected chi connectivity index (χ3v) is 3.47. The van der Waals surface area contributed by atoms with Gasteiger partial charge in [0.05, 0.1) is 6.04 Å². The van der Waals surface area contributed by atoms with Crippen molar-refractivity contribution < 1.29 is 4.79 Å². The van der Waals surface area contributed by atoms with E-state index in [0.29, 0.717) is 0 Å². The first kappa shape index (κ1) is 15.7. The van der Waals surface area contributed by atoms with Crippen LogP contribution in [-0.2, 0) is 4.79 Å². The maximum atomic E-state index is 11.8. The van der Waals surface area contributed by atoms with E-state index in [1.54, 1.807) is 0 Å². The van der Waals surface area contributed by atoms with Gasteiger partial charge in [-0.15, -0.1) is 0 Å². The fourth-order valence-corrected chi connectivity index (χ4v) is 1.98. The van der Waals surface area contributed by atoms with E-state index in [9.17, 15) is 4.79 Å². The first-order chi connectivity index (χ1) is 8.95. The zero-order chi connectivity index (χ0) is 14.4. The average Bonchev–Trinajstić information content (AvgIpc) is 2.38. The molecule has 106 valence electrons. The lowest BCUT2D eigenvalue weighted by Crippen LogP contribution is -2.43. The van der Waals surface area contributed by atoms with Gasteiger partial charge in [0.2, 0.25) is 5.91 Å². The normalized spacial score (nSPS) is 13.9. The molecule has 1 aromatic carbocycles. The van der Waals surface area contributed by atoms with Crippen molar-refractivity contribution in [3.05, 3.63) is 34.9 Å². The predicted octanol–water partition coefficient (Wildman–Crippen LogP) is 2.87. The number of nitrogens with one attached hydrogen (secondary N) is 2.